The average Bonchev–Trinajstić information content (AvgIpc) is 2.31. The van der Waals surface area contributed by atoms with Crippen LogP contribution in [0.3, 0.4) is 0 Å². The standard InChI is InChI=1S/C11H9N2O2/c1-14-9-3-5-10(6-4-9)15-11-12-7-2-8-13-11/h2-7H,1H3. The van der Waals surface area contributed by atoms with Crippen LogP contribution in [0.15, 0.2) is 36.5 Å². The summed E-state index contributed by atoms with van der Waals surface area (Å²) in [7, 11) is 1.62. The van der Waals surface area contributed by atoms with Crippen LogP contribution in [0.4, 0.5) is 0 Å². The van der Waals surface area contributed by atoms with Crippen LogP contribution < -0.4 is 9.47 Å². The molecule has 2 rings (SSSR count). The smallest absolute Gasteiger partial charge is 0.322 e. The third-order valence-corrected chi connectivity index (χ3v) is 1.76. The number of aromatic nitrogens is 2. The fourth-order valence-electron chi connectivity index (χ4n) is 1.05. The van der Waals surface area contributed by atoms with Crippen molar-refractivity contribution in [2.75, 3.05) is 7.11 Å². The van der Waals surface area contributed by atoms with Crippen LogP contribution >= 0.6 is 0 Å². The van der Waals surface area contributed by atoms with Gasteiger partial charge in [-0.15, -0.1) is 0 Å². The lowest BCUT2D eigenvalue weighted by molar-refractivity contribution is 0.410. The van der Waals surface area contributed by atoms with E-state index >= 15 is 0 Å². The molecule has 0 saturated heterocycles. The minimum absolute atomic E-state index is 0.280. The van der Waals surface area contributed by atoms with Crippen molar-refractivity contribution in [3.05, 3.63) is 42.7 Å². The molecule has 75 valence electrons. The lowest BCUT2D eigenvalue weighted by Gasteiger charge is -2.03. The van der Waals surface area contributed by atoms with Crippen molar-refractivity contribution in [1.82, 2.24) is 9.97 Å². The zero-order valence-electron chi connectivity index (χ0n) is 8.18. The van der Waals surface area contributed by atoms with E-state index in [9.17, 15) is 0 Å². The molecule has 0 amide bonds. The molecule has 0 unspecified atom stereocenters. The SMILES string of the molecule is COc1ccc(Oc2n[c]ccn2)cc1. The molecule has 1 heterocycles. The second-order valence-corrected chi connectivity index (χ2v) is 2.75. The van der Waals surface area contributed by atoms with Crippen LogP contribution in [0.2, 0.25) is 0 Å². The van der Waals surface area contributed by atoms with Crippen molar-refractivity contribution in [2.24, 2.45) is 0 Å². The number of methoxy groups -OCH3 is 1. The average molecular weight is 201 g/mol. The van der Waals surface area contributed by atoms with Crippen molar-refractivity contribution in [3.63, 3.8) is 0 Å². The van der Waals surface area contributed by atoms with Crippen molar-refractivity contribution < 1.29 is 9.47 Å². The quantitative estimate of drug-likeness (QED) is 0.762. The van der Waals surface area contributed by atoms with Gasteiger partial charge in [0.2, 0.25) is 0 Å². The number of hydrogen-bond donors (Lipinski definition) is 0. The van der Waals surface area contributed by atoms with Gasteiger partial charge in [0.15, 0.2) is 0 Å². The van der Waals surface area contributed by atoms with Gasteiger partial charge in [0.05, 0.1) is 13.3 Å². The van der Waals surface area contributed by atoms with Gasteiger partial charge in [-0.25, -0.2) is 4.98 Å². The maximum atomic E-state index is 5.37. The summed E-state index contributed by atoms with van der Waals surface area (Å²) in [6, 6.07) is 9.08. The maximum Gasteiger partial charge on any atom is 0.322 e. The molecule has 0 aliphatic rings. The van der Waals surface area contributed by atoms with Crippen molar-refractivity contribution >= 4 is 0 Å². The molecule has 0 atom stereocenters. The minimum Gasteiger partial charge on any atom is -0.497 e. The van der Waals surface area contributed by atoms with E-state index in [4.69, 9.17) is 9.47 Å². The van der Waals surface area contributed by atoms with Gasteiger partial charge in [-0.05, 0) is 30.3 Å². The monoisotopic (exact) mass is 201 g/mol. The van der Waals surface area contributed by atoms with Crippen molar-refractivity contribution in [3.8, 4) is 17.5 Å². The van der Waals surface area contributed by atoms with Gasteiger partial charge in [-0.2, -0.15) is 4.98 Å². The van der Waals surface area contributed by atoms with Gasteiger partial charge in [-0.3, -0.25) is 0 Å². The third-order valence-electron chi connectivity index (χ3n) is 1.76. The van der Waals surface area contributed by atoms with Gasteiger partial charge in [0, 0.05) is 6.20 Å². The van der Waals surface area contributed by atoms with Crippen molar-refractivity contribution in [1.29, 1.82) is 0 Å². The highest BCUT2D eigenvalue weighted by molar-refractivity contribution is 5.32. The van der Waals surface area contributed by atoms with Crippen LogP contribution in [0, 0.1) is 6.20 Å². The molecule has 4 heteroatoms. The lowest BCUT2D eigenvalue weighted by Crippen LogP contribution is -1.90. The second-order valence-electron chi connectivity index (χ2n) is 2.75. The Kier molecular flexibility index (Phi) is 2.78. The highest BCUT2D eigenvalue weighted by Gasteiger charge is 1.98. The van der Waals surface area contributed by atoms with Crippen molar-refractivity contribution in [2.45, 2.75) is 0 Å². The first-order chi connectivity index (χ1) is 7.38. The van der Waals surface area contributed by atoms with Gasteiger partial charge >= 0.3 is 6.01 Å². The van der Waals surface area contributed by atoms with E-state index in [-0.39, 0.29) is 6.01 Å². The first kappa shape index (κ1) is 9.45. The summed E-state index contributed by atoms with van der Waals surface area (Å²) in [6.07, 6.45) is 4.22. The fraction of sp³-hybridized carbons (Fsp3) is 0.0909. The Labute approximate surface area is 87.5 Å². The predicted molar refractivity (Wildman–Crippen MR) is 53.9 cm³/mol. The molecule has 0 fully saturated rings. The van der Waals surface area contributed by atoms with Gasteiger partial charge < -0.3 is 9.47 Å². The molecule has 0 bridgehead atoms. The molecule has 1 aromatic carbocycles. The molecular weight excluding hydrogens is 192 g/mol. The molecule has 0 N–H and O–H groups in total. The molecule has 0 saturated carbocycles. The predicted octanol–water partition coefficient (Wildman–Crippen LogP) is 2.08. The van der Waals surface area contributed by atoms with Crippen LogP contribution in [-0.4, -0.2) is 17.1 Å². The molecule has 4 nitrogen and oxygen atoms in total. The number of benzene rings is 1. The van der Waals surface area contributed by atoms with E-state index in [0.29, 0.717) is 5.75 Å². The Balaban J connectivity index is 2.11. The summed E-state index contributed by atoms with van der Waals surface area (Å²) >= 11 is 0. The number of rotatable bonds is 3. The number of ether oxygens (including phenoxy) is 2. The summed E-state index contributed by atoms with van der Waals surface area (Å²) in [5, 5.41) is 0. The molecular formula is C11H9N2O2. The molecule has 1 radical (unpaired) electrons. The summed E-state index contributed by atoms with van der Waals surface area (Å²) in [4.78, 5) is 7.75. The summed E-state index contributed by atoms with van der Waals surface area (Å²) in [6.45, 7) is 0. The van der Waals surface area contributed by atoms with Gasteiger partial charge in [-0.1, -0.05) is 0 Å². The van der Waals surface area contributed by atoms with E-state index in [2.05, 4.69) is 16.2 Å². The topological polar surface area (TPSA) is 44.2 Å². The Hall–Kier alpha value is -2.10. The van der Waals surface area contributed by atoms with Crippen LogP contribution in [-0.2, 0) is 0 Å². The summed E-state index contributed by atoms with van der Waals surface area (Å²) in [5.41, 5.74) is 0. The van der Waals surface area contributed by atoms with Crippen LogP contribution in [0.5, 0.6) is 17.5 Å². The Morgan fingerprint density at radius 1 is 1.13 bits per heavy atom. The largest absolute Gasteiger partial charge is 0.497 e. The van der Waals surface area contributed by atoms with E-state index in [1.165, 1.54) is 0 Å². The summed E-state index contributed by atoms with van der Waals surface area (Å²) in [5.74, 6) is 1.44. The molecule has 0 aliphatic carbocycles. The molecule has 1 aromatic heterocycles. The third kappa shape index (κ3) is 2.43. The number of hydrogen-bond acceptors (Lipinski definition) is 4. The van der Waals surface area contributed by atoms with E-state index in [1.54, 1.807) is 31.5 Å². The lowest BCUT2D eigenvalue weighted by atomic mass is 10.3. The first-order valence-electron chi connectivity index (χ1n) is 4.39. The first-order valence-corrected chi connectivity index (χ1v) is 4.39. The van der Waals surface area contributed by atoms with Crippen LogP contribution in [0.25, 0.3) is 0 Å². The highest BCUT2D eigenvalue weighted by Crippen LogP contribution is 2.20. The molecule has 0 spiro atoms. The van der Waals surface area contributed by atoms with E-state index < -0.39 is 0 Å². The molecule has 2 aromatic rings. The normalized spacial score (nSPS) is 9.67. The molecule has 0 aliphatic heterocycles. The van der Waals surface area contributed by atoms with E-state index in [0.717, 1.165) is 5.75 Å². The Morgan fingerprint density at radius 3 is 2.47 bits per heavy atom. The second kappa shape index (κ2) is 4.41. The Bertz CT molecular complexity index is 414. The molecule has 15 heavy (non-hydrogen) atoms. The maximum absolute atomic E-state index is 5.37. The number of nitrogens with zero attached hydrogens (tertiary/aromatic N) is 2. The summed E-state index contributed by atoms with van der Waals surface area (Å²) < 4.78 is 10.4. The zero-order valence-corrected chi connectivity index (χ0v) is 8.18. The van der Waals surface area contributed by atoms with Gasteiger partial charge in [0.1, 0.15) is 11.5 Å². The fourth-order valence-corrected chi connectivity index (χ4v) is 1.05. The van der Waals surface area contributed by atoms with E-state index in [1.807, 2.05) is 12.1 Å². The minimum atomic E-state index is 0.280. The Morgan fingerprint density at radius 2 is 1.87 bits per heavy atom. The van der Waals surface area contributed by atoms with Crippen LogP contribution in [0.1, 0.15) is 0 Å². The highest BCUT2D eigenvalue weighted by atomic mass is 16.5. The zero-order chi connectivity index (χ0) is 10.5. The van der Waals surface area contributed by atoms with Gasteiger partial charge in [0.25, 0.3) is 0 Å².